The van der Waals surface area contributed by atoms with Crippen molar-refractivity contribution in [2.24, 2.45) is 0 Å². The summed E-state index contributed by atoms with van der Waals surface area (Å²) >= 11 is 0. The highest BCUT2D eigenvalue weighted by atomic mass is 14.8. The van der Waals surface area contributed by atoms with Crippen molar-refractivity contribution in [2.75, 3.05) is 0 Å². The van der Waals surface area contributed by atoms with Crippen molar-refractivity contribution >= 4 is 21.8 Å². The molecular weight excluding hydrogens is 220 g/mol. The van der Waals surface area contributed by atoms with E-state index in [1.807, 2.05) is 24.4 Å². The molecule has 0 saturated heterocycles. The molecule has 3 aromatic rings. The second kappa shape index (κ2) is 3.77. The smallest absolute Gasteiger partial charge is 0.0814 e. The van der Waals surface area contributed by atoms with Crippen molar-refractivity contribution in [2.45, 2.75) is 26.2 Å². The average molecular weight is 236 g/mol. The molecule has 1 aromatic carbocycles. The Hall–Kier alpha value is -1.96. The summed E-state index contributed by atoms with van der Waals surface area (Å²) in [5.74, 6) is 0. The lowest BCUT2D eigenvalue weighted by atomic mass is 9.88. The molecule has 0 spiro atoms. The summed E-state index contributed by atoms with van der Waals surface area (Å²) in [6.07, 6.45) is 1.85. The van der Waals surface area contributed by atoms with E-state index in [2.05, 4.69) is 44.0 Å². The molecule has 90 valence electrons. The Morgan fingerprint density at radius 2 is 1.61 bits per heavy atom. The molecule has 0 bridgehead atoms. The van der Waals surface area contributed by atoms with Crippen LogP contribution in [-0.4, -0.2) is 9.97 Å². The SMILES string of the molecule is CC(C)(C)c1nc2ccccc2c2ncccc12. The van der Waals surface area contributed by atoms with Gasteiger partial charge in [0, 0.05) is 22.4 Å². The van der Waals surface area contributed by atoms with Gasteiger partial charge in [0.15, 0.2) is 0 Å². The molecule has 3 rings (SSSR count). The van der Waals surface area contributed by atoms with Crippen LogP contribution in [-0.2, 0) is 5.41 Å². The van der Waals surface area contributed by atoms with Crippen LogP contribution >= 0.6 is 0 Å². The van der Waals surface area contributed by atoms with E-state index in [4.69, 9.17) is 4.98 Å². The van der Waals surface area contributed by atoms with Crippen LogP contribution in [0.2, 0.25) is 0 Å². The summed E-state index contributed by atoms with van der Waals surface area (Å²) in [7, 11) is 0. The molecule has 0 aliphatic heterocycles. The first-order chi connectivity index (χ1) is 8.57. The fraction of sp³-hybridized carbons (Fsp3) is 0.250. The highest BCUT2D eigenvalue weighted by molar-refractivity contribution is 6.04. The Morgan fingerprint density at radius 3 is 2.39 bits per heavy atom. The molecule has 2 heterocycles. The fourth-order valence-corrected chi connectivity index (χ4v) is 2.33. The van der Waals surface area contributed by atoms with Crippen molar-refractivity contribution < 1.29 is 0 Å². The van der Waals surface area contributed by atoms with E-state index in [1.54, 1.807) is 0 Å². The highest BCUT2D eigenvalue weighted by Crippen LogP contribution is 2.31. The zero-order valence-corrected chi connectivity index (χ0v) is 10.9. The zero-order chi connectivity index (χ0) is 12.8. The van der Waals surface area contributed by atoms with Crippen LogP contribution in [0.4, 0.5) is 0 Å². The van der Waals surface area contributed by atoms with E-state index in [9.17, 15) is 0 Å². The van der Waals surface area contributed by atoms with Gasteiger partial charge in [0.25, 0.3) is 0 Å². The maximum Gasteiger partial charge on any atom is 0.0814 e. The van der Waals surface area contributed by atoms with E-state index >= 15 is 0 Å². The molecule has 0 radical (unpaired) electrons. The van der Waals surface area contributed by atoms with Gasteiger partial charge in [-0.05, 0) is 18.2 Å². The second-order valence-electron chi connectivity index (χ2n) is 5.63. The Bertz CT molecular complexity index is 724. The van der Waals surface area contributed by atoms with E-state index < -0.39 is 0 Å². The molecule has 0 unspecified atom stereocenters. The molecule has 0 aliphatic carbocycles. The maximum atomic E-state index is 4.83. The molecule has 0 amide bonds. The number of benzene rings is 1. The molecule has 0 aliphatic rings. The van der Waals surface area contributed by atoms with Gasteiger partial charge in [-0.3, -0.25) is 9.97 Å². The van der Waals surface area contributed by atoms with Crippen molar-refractivity contribution in [1.29, 1.82) is 0 Å². The average Bonchev–Trinajstić information content (AvgIpc) is 2.37. The van der Waals surface area contributed by atoms with Crippen LogP contribution < -0.4 is 0 Å². The van der Waals surface area contributed by atoms with Gasteiger partial charge in [0.1, 0.15) is 0 Å². The van der Waals surface area contributed by atoms with Crippen LogP contribution in [0.3, 0.4) is 0 Å². The normalized spacial score (nSPS) is 12.2. The summed E-state index contributed by atoms with van der Waals surface area (Å²) in [5, 5.41) is 2.28. The molecular formula is C16H16N2. The van der Waals surface area contributed by atoms with Gasteiger partial charge in [0.2, 0.25) is 0 Å². The van der Waals surface area contributed by atoms with Gasteiger partial charge < -0.3 is 0 Å². The summed E-state index contributed by atoms with van der Waals surface area (Å²) in [6.45, 7) is 6.57. The third-order valence-electron chi connectivity index (χ3n) is 3.16. The number of rotatable bonds is 0. The summed E-state index contributed by atoms with van der Waals surface area (Å²) < 4.78 is 0. The highest BCUT2D eigenvalue weighted by Gasteiger charge is 2.20. The van der Waals surface area contributed by atoms with Crippen LogP contribution in [0.25, 0.3) is 21.8 Å². The van der Waals surface area contributed by atoms with E-state index in [1.165, 1.54) is 0 Å². The van der Waals surface area contributed by atoms with Gasteiger partial charge in [0.05, 0.1) is 16.7 Å². The quantitative estimate of drug-likeness (QED) is 0.550. The molecule has 0 atom stereocenters. The van der Waals surface area contributed by atoms with Gasteiger partial charge in [-0.25, -0.2) is 0 Å². The summed E-state index contributed by atoms with van der Waals surface area (Å²) in [5.41, 5.74) is 3.21. The molecule has 2 aromatic heterocycles. The number of aromatic nitrogens is 2. The molecule has 0 fully saturated rings. The number of nitrogens with zero attached hydrogens (tertiary/aromatic N) is 2. The number of para-hydroxylation sites is 1. The lowest BCUT2D eigenvalue weighted by Gasteiger charge is -2.20. The minimum absolute atomic E-state index is 0.0192. The van der Waals surface area contributed by atoms with Gasteiger partial charge in [-0.15, -0.1) is 0 Å². The minimum Gasteiger partial charge on any atom is -0.255 e. The Morgan fingerprint density at radius 1 is 0.889 bits per heavy atom. The van der Waals surface area contributed by atoms with Gasteiger partial charge in [-0.1, -0.05) is 39.0 Å². The molecule has 2 heteroatoms. The Kier molecular flexibility index (Phi) is 2.34. The van der Waals surface area contributed by atoms with Crippen molar-refractivity contribution in [1.82, 2.24) is 9.97 Å². The number of fused-ring (bicyclic) bond motifs is 3. The number of hydrogen-bond acceptors (Lipinski definition) is 2. The summed E-state index contributed by atoms with van der Waals surface area (Å²) in [6, 6.07) is 12.3. The predicted molar refractivity (Wildman–Crippen MR) is 75.7 cm³/mol. The topological polar surface area (TPSA) is 25.8 Å². The van der Waals surface area contributed by atoms with E-state index in [-0.39, 0.29) is 5.41 Å². The second-order valence-corrected chi connectivity index (χ2v) is 5.63. The lowest BCUT2D eigenvalue weighted by Crippen LogP contribution is -2.14. The first-order valence-corrected chi connectivity index (χ1v) is 6.21. The first-order valence-electron chi connectivity index (χ1n) is 6.21. The largest absolute Gasteiger partial charge is 0.255 e. The van der Waals surface area contributed by atoms with Gasteiger partial charge in [-0.2, -0.15) is 0 Å². The van der Waals surface area contributed by atoms with Crippen molar-refractivity contribution in [3.05, 3.63) is 48.3 Å². The molecule has 0 N–H and O–H groups in total. The van der Waals surface area contributed by atoms with Crippen molar-refractivity contribution in [3.8, 4) is 0 Å². The fourth-order valence-electron chi connectivity index (χ4n) is 2.33. The zero-order valence-electron chi connectivity index (χ0n) is 10.9. The number of pyridine rings is 2. The van der Waals surface area contributed by atoms with Crippen LogP contribution in [0.5, 0.6) is 0 Å². The standard InChI is InChI=1S/C16H16N2/c1-16(2,3)15-12-8-6-10-17-14(12)11-7-4-5-9-13(11)18-15/h4-10H,1-3H3. The molecule has 2 nitrogen and oxygen atoms in total. The third-order valence-corrected chi connectivity index (χ3v) is 3.16. The van der Waals surface area contributed by atoms with Crippen molar-refractivity contribution in [3.63, 3.8) is 0 Å². The Labute approximate surface area is 107 Å². The lowest BCUT2D eigenvalue weighted by molar-refractivity contribution is 0.577. The molecule has 18 heavy (non-hydrogen) atoms. The Balaban J connectivity index is 2.55. The van der Waals surface area contributed by atoms with E-state index in [0.29, 0.717) is 0 Å². The van der Waals surface area contributed by atoms with Crippen LogP contribution in [0.1, 0.15) is 26.5 Å². The third kappa shape index (κ3) is 1.65. The number of hydrogen-bond donors (Lipinski definition) is 0. The first kappa shape index (κ1) is 11.1. The minimum atomic E-state index is 0.0192. The van der Waals surface area contributed by atoms with E-state index in [0.717, 1.165) is 27.5 Å². The van der Waals surface area contributed by atoms with Crippen LogP contribution in [0, 0.1) is 0 Å². The maximum absolute atomic E-state index is 4.83. The summed E-state index contributed by atoms with van der Waals surface area (Å²) in [4.78, 5) is 9.38. The molecule has 0 saturated carbocycles. The van der Waals surface area contributed by atoms with Crippen LogP contribution in [0.15, 0.2) is 42.6 Å². The predicted octanol–water partition coefficient (Wildman–Crippen LogP) is 4.08. The monoisotopic (exact) mass is 236 g/mol. The van der Waals surface area contributed by atoms with Gasteiger partial charge >= 0.3 is 0 Å².